The van der Waals surface area contributed by atoms with Crippen molar-refractivity contribution in [3.05, 3.63) is 28.8 Å². The van der Waals surface area contributed by atoms with Crippen LogP contribution in [0.3, 0.4) is 0 Å². The number of carbonyl (C=O) groups is 2. The number of nitrogens with one attached hydrogen (secondary N) is 1. The van der Waals surface area contributed by atoms with E-state index >= 15 is 0 Å². The topological polar surface area (TPSA) is 55.4 Å². The molecule has 1 N–H and O–H groups in total. The van der Waals surface area contributed by atoms with E-state index < -0.39 is 6.09 Å². The number of ketones is 1. The van der Waals surface area contributed by atoms with E-state index in [-0.39, 0.29) is 5.78 Å². The smallest absolute Gasteiger partial charge is 0.411 e. The maximum absolute atomic E-state index is 11.2. The summed E-state index contributed by atoms with van der Waals surface area (Å²) in [7, 11) is 0. The molecule has 0 aromatic heterocycles. The number of hydrogen-bond donors (Lipinski definition) is 1. The van der Waals surface area contributed by atoms with Crippen molar-refractivity contribution in [1.82, 2.24) is 0 Å². The van der Waals surface area contributed by atoms with Gasteiger partial charge >= 0.3 is 6.09 Å². The van der Waals surface area contributed by atoms with Crippen LogP contribution in [0.25, 0.3) is 0 Å². The van der Waals surface area contributed by atoms with Gasteiger partial charge in [0, 0.05) is 11.3 Å². The van der Waals surface area contributed by atoms with Crippen molar-refractivity contribution in [2.75, 3.05) is 11.9 Å². The number of amides is 1. The van der Waals surface area contributed by atoms with Crippen LogP contribution in [0.5, 0.6) is 0 Å². The Balaban J connectivity index is 2.87. The molecule has 0 heterocycles. The first-order chi connectivity index (χ1) is 7.54. The molecule has 5 heteroatoms. The number of carbonyl (C=O) groups excluding carboxylic acids is 2. The molecule has 0 aliphatic carbocycles. The second-order valence-electron chi connectivity index (χ2n) is 3.10. The SMILES string of the molecule is CCOC(=O)Nc1ccc(Cl)c(C(C)=O)c1. The molecule has 1 amide bonds. The third-order valence-electron chi connectivity index (χ3n) is 1.87. The summed E-state index contributed by atoms with van der Waals surface area (Å²) in [5, 5.41) is 2.86. The highest BCUT2D eigenvalue weighted by Gasteiger charge is 2.08. The number of Topliss-reactive ketones (excluding diaryl/α,β-unsaturated/α-hetero) is 1. The molecule has 0 fully saturated rings. The third kappa shape index (κ3) is 3.24. The molecule has 0 bridgehead atoms. The van der Waals surface area contributed by atoms with Crippen LogP contribution in [0.2, 0.25) is 5.02 Å². The van der Waals surface area contributed by atoms with Crippen LogP contribution in [-0.4, -0.2) is 18.5 Å². The van der Waals surface area contributed by atoms with Gasteiger partial charge in [0.15, 0.2) is 5.78 Å². The number of hydrogen-bond acceptors (Lipinski definition) is 3. The van der Waals surface area contributed by atoms with Crippen molar-refractivity contribution in [2.24, 2.45) is 0 Å². The van der Waals surface area contributed by atoms with Crippen molar-refractivity contribution in [1.29, 1.82) is 0 Å². The Morgan fingerprint density at radius 3 is 2.69 bits per heavy atom. The first kappa shape index (κ1) is 12.5. The molecule has 0 radical (unpaired) electrons. The average molecular weight is 242 g/mol. The van der Waals surface area contributed by atoms with Crippen LogP contribution in [0, 0.1) is 0 Å². The molecular formula is C11H12ClNO3. The first-order valence-electron chi connectivity index (χ1n) is 4.79. The predicted molar refractivity (Wildman–Crippen MR) is 62.1 cm³/mol. The Bertz CT molecular complexity index is 418. The Labute approximate surface area is 98.5 Å². The van der Waals surface area contributed by atoms with E-state index in [1.165, 1.54) is 13.0 Å². The van der Waals surface area contributed by atoms with Crippen LogP contribution >= 0.6 is 11.6 Å². The van der Waals surface area contributed by atoms with Gasteiger partial charge in [-0.1, -0.05) is 11.6 Å². The molecule has 0 unspecified atom stereocenters. The normalized spacial score (nSPS) is 9.69. The lowest BCUT2D eigenvalue weighted by Crippen LogP contribution is -2.13. The monoisotopic (exact) mass is 241 g/mol. The molecule has 16 heavy (non-hydrogen) atoms. The van der Waals surface area contributed by atoms with E-state index in [2.05, 4.69) is 5.32 Å². The van der Waals surface area contributed by atoms with Gasteiger partial charge in [-0.15, -0.1) is 0 Å². The van der Waals surface area contributed by atoms with Crippen LogP contribution in [-0.2, 0) is 4.74 Å². The fourth-order valence-electron chi connectivity index (χ4n) is 1.16. The van der Waals surface area contributed by atoms with Gasteiger partial charge in [-0.05, 0) is 32.0 Å². The van der Waals surface area contributed by atoms with Gasteiger partial charge in [0.2, 0.25) is 0 Å². The average Bonchev–Trinajstić information content (AvgIpc) is 2.21. The third-order valence-corrected chi connectivity index (χ3v) is 2.20. The maximum atomic E-state index is 11.2. The van der Waals surface area contributed by atoms with Crippen LogP contribution in [0.15, 0.2) is 18.2 Å². The number of halogens is 1. The molecule has 0 saturated heterocycles. The molecule has 0 spiro atoms. The fourth-order valence-corrected chi connectivity index (χ4v) is 1.41. The second kappa shape index (κ2) is 5.51. The molecule has 0 saturated carbocycles. The van der Waals surface area contributed by atoms with Gasteiger partial charge in [0.1, 0.15) is 0 Å². The maximum Gasteiger partial charge on any atom is 0.411 e. The van der Waals surface area contributed by atoms with Gasteiger partial charge < -0.3 is 4.74 Å². The van der Waals surface area contributed by atoms with E-state index in [4.69, 9.17) is 16.3 Å². The Morgan fingerprint density at radius 1 is 1.44 bits per heavy atom. The molecular weight excluding hydrogens is 230 g/mol. The van der Waals surface area contributed by atoms with Crippen molar-refractivity contribution in [2.45, 2.75) is 13.8 Å². The van der Waals surface area contributed by atoms with Crippen molar-refractivity contribution in [3.63, 3.8) is 0 Å². The van der Waals surface area contributed by atoms with E-state index in [0.717, 1.165) is 0 Å². The number of rotatable bonds is 3. The lowest BCUT2D eigenvalue weighted by Gasteiger charge is -2.07. The molecule has 0 aliphatic heterocycles. The van der Waals surface area contributed by atoms with E-state index in [1.54, 1.807) is 19.1 Å². The highest BCUT2D eigenvalue weighted by atomic mass is 35.5. The molecule has 0 atom stereocenters. The van der Waals surface area contributed by atoms with Gasteiger partial charge in [-0.3, -0.25) is 10.1 Å². The minimum Gasteiger partial charge on any atom is -0.450 e. The Hall–Kier alpha value is -1.55. The molecule has 86 valence electrons. The lowest BCUT2D eigenvalue weighted by atomic mass is 10.1. The largest absolute Gasteiger partial charge is 0.450 e. The standard InChI is InChI=1S/C11H12ClNO3/c1-3-16-11(15)13-8-4-5-10(12)9(6-8)7(2)14/h4-6H,3H2,1-2H3,(H,13,15). The van der Waals surface area contributed by atoms with Crippen LogP contribution in [0.4, 0.5) is 10.5 Å². The van der Waals surface area contributed by atoms with Crippen molar-refractivity contribution >= 4 is 29.2 Å². The molecule has 1 aromatic rings. The zero-order valence-electron chi connectivity index (χ0n) is 9.04. The van der Waals surface area contributed by atoms with Gasteiger partial charge in [0.05, 0.1) is 11.6 Å². The summed E-state index contributed by atoms with van der Waals surface area (Å²) in [5.74, 6) is -0.155. The van der Waals surface area contributed by atoms with Crippen molar-refractivity contribution < 1.29 is 14.3 Å². The molecule has 0 aliphatic rings. The summed E-state index contributed by atoms with van der Waals surface area (Å²) < 4.78 is 4.71. The van der Waals surface area contributed by atoms with Gasteiger partial charge in [-0.2, -0.15) is 0 Å². The van der Waals surface area contributed by atoms with Crippen LogP contribution in [0.1, 0.15) is 24.2 Å². The van der Waals surface area contributed by atoms with Crippen molar-refractivity contribution in [3.8, 4) is 0 Å². The van der Waals surface area contributed by atoms with Gasteiger partial charge in [0.25, 0.3) is 0 Å². The van der Waals surface area contributed by atoms with E-state index in [0.29, 0.717) is 22.9 Å². The highest BCUT2D eigenvalue weighted by molar-refractivity contribution is 6.34. The highest BCUT2D eigenvalue weighted by Crippen LogP contribution is 2.21. The van der Waals surface area contributed by atoms with E-state index in [9.17, 15) is 9.59 Å². The summed E-state index contributed by atoms with van der Waals surface area (Å²) in [5.41, 5.74) is 0.851. The number of benzene rings is 1. The molecule has 1 aromatic carbocycles. The minimum atomic E-state index is -0.556. The first-order valence-corrected chi connectivity index (χ1v) is 5.16. The predicted octanol–water partition coefficient (Wildman–Crippen LogP) is 3.11. The van der Waals surface area contributed by atoms with E-state index in [1.807, 2.05) is 0 Å². The number of ether oxygens (including phenoxy) is 1. The summed E-state index contributed by atoms with van der Waals surface area (Å²) in [4.78, 5) is 22.3. The minimum absolute atomic E-state index is 0.155. The Kier molecular flexibility index (Phi) is 4.31. The summed E-state index contributed by atoms with van der Waals surface area (Å²) in [6.07, 6.45) is -0.556. The quantitative estimate of drug-likeness (QED) is 0.828. The zero-order chi connectivity index (χ0) is 12.1. The summed E-state index contributed by atoms with van der Waals surface area (Å²) in [6, 6.07) is 4.67. The Morgan fingerprint density at radius 2 is 2.12 bits per heavy atom. The second-order valence-corrected chi connectivity index (χ2v) is 3.50. The van der Waals surface area contributed by atoms with Gasteiger partial charge in [-0.25, -0.2) is 4.79 Å². The van der Waals surface area contributed by atoms with Crippen LogP contribution < -0.4 is 5.32 Å². The number of anilines is 1. The molecule has 4 nitrogen and oxygen atoms in total. The summed E-state index contributed by atoms with van der Waals surface area (Å²) in [6.45, 7) is 3.41. The lowest BCUT2D eigenvalue weighted by molar-refractivity contribution is 0.101. The zero-order valence-corrected chi connectivity index (χ0v) is 9.80. The fraction of sp³-hybridized carbons (Fsp3) is 0.273. The molecule has 1 rings (SSSR count). The summed E-state index contributed by atoms with van der Waals surface area (Å²) >= 11 is 5.82.